The molecule has 0 bridgehead atoms. The van der Waals surface area contributed by atoms with Crippen LogP contribution in [0.1, 0.15) is 0 Å². The van der Waals surface area contributed by atoms with Crippen molar-refractivity contribution in [3.05, 3.63) is 0 Å². The van der Waals surface area contributed by atoms with Gasteiger partial charge in [0.15, 0.2) is 0 Å². The van der Waals surface area contributed by atoms with Gasteiger partial charge in [-0.15, -0.1) is 0 Å². The van der Waals surface area contributed by atoms with Gasteiger partial charge in [0.2, 0.25) is 0 Å². The van der Waals surface area contributed by atoms with Gasteiger partial charge in [-0.3, -0.25) is 9.05 Å². The first-order valence-electron chi connectivity index (χ1n) is 5.03. The van der Waals surface area contributed by atoms with Gasteiger partial charge >= 0.3 is 15.6 Å². The minimum absolute atomic E-state index is 0. The van der Waals surface area contributed by atoms with Gasteiger partial charge in [-0.2, -0.15) is 0 Å². The van der Waals surface area contributed by atoms with Crippen LogP contribution in [0.4, 0.5) is 0 Å². The molecule has 16 heteroatoms. The monoisotopic (exact) mass is 386 g/mol. The number of aliphatic hydroxyl groups excluding tert-OH is 4. The normalized spacial score (nSPS) is 36.2. The summed E-state index contributed by atoms with van der Waals surface area (Å²) in [6.45, 7) is 0. The molecule has 1 aliphatic rings. The van der Waals surface area contributed by atoms with Crippen LogP contribution in [0.5, 0.6) is 0 Å². The SMILES string of the molecule is O=P(O)(O)O[C@@H]1C(O)[C@H](OP(=O)(O)O)[C@@H](O)C(O)[C@H]1O.[Na].[Na]. The third-order valence-corrected chi connectivity index (χ3v) is 3.60. The zero-order chi connectivity index (χ0) is 15.9. The Balaban J connectivity index is 0. The standard InChI is InChI=1S/C6H14O12P2.2Na/c7-1-2(8)5(17-19(11,12)13)4(10)6(3(1)9)18-20(14,15)16;;/h1-10H,(H2,11,12,13)(H2,14,15,16);;/t1?,2-,3+,4?,5+,6-;;. The molecule has 2 unspecified atom stereocenters. The van der Waals surface area contributed by atoms with Crippen LogP contribution < -0.4 is 0 Å². The average Bonchev–Trinajstić information content (AvgIpc) is 2.25. The van der Waals surface area contributed by atoms with E-state index in [9.17, 15) is 29.6 Å². The molecular formula is C6H14Na2O12P2. The van der Waals surface area contributed by atoms with E-state index in [0.717, 1.165) is 0 Å². The quantitative estimate of drug-likeness (QED) is 0.170. The fourth-order valence-corrected chi connectivity index (χ4v) is 2.88. The van der Waals surface area contributed by atoms with Crippen molar-refractivity contribution in [2.45, 2.75) is 36.6 Å². The summed E-state index contributed by atoms with van der Waals surface area (Å²) in [4.78, 5) is 34.4. The number of aliphatic hydroxyl groups is 4. The van der Waals surface area contributed by atoms with Crippen molar-refractivity contribution in [1.82, 2.24) is 0 Å². The summed E-state index contributed by atoms with van der Waals surface area (Å²) in [5.74, 6) is 0. The van der Waals surface area contributed by atoms with E-state index in [2.05, 4.69) is 9.05 Å². The summed E-state index contributed by atoms with van der Waals surface area (Å²) in [6, 6.07) is 0. The first kappa shape index (κ1) is 26.3. The second-order valence-electron chi connectivity index (χ2n) is 4.08. The topological polar surface area (TPSA) is 214 Å². The molecule has 122 valence electrons. The number of phosphoric ester groups is 2. The molecule has 0 aliphatic heterocycles. The minimum atomic E-state index is -5.20. The first-order valence-corrected chi connectivity index (χ1v) is 8.10. The molecule has 0 saturated heterocycles. The fraction of sp³-hybridized carbons (Fsp3) is 1.00. The Morgan fingerprint density at radius 3 is 1.09 bits per heavy atom. The molecular weight excluding hydrogens is 372 g/mol. The van der Waals surface area contributed by atoms with E-state index in [1.807, 2.05) is 0 Å². The van der Waals surface area contributed by atoms with Gasteiger partial charge in [0.05, 0.1) is 0 Å². The number of phosphoric acid groups is 2. The van der Waals surface area contributed by atoms with E-state index in [1.54, 1.807) is 0 Å². The Morgan fingerprint density at radius 1 is 0.591 bits per heavy atom. The molecule has 22 heavy (non-hydrogen) atoms. The summed E-state index contributed by atoms with van der Waals surface area (Å²) in [6.07, 6.45) is -12.8. The molecule has 0 amide bonds. The van der Waals surface area contributed by atoms with E-state index in [1.165, 1.54) is 0 Å². The van der Waals surface area contributed by atoms with E-state index in [-0.39, 0.29) is 59.1 Å². The minimum Gasteiger partial charge on any atom is -0.387 e. The Bertz CT molecular complexity index is 399. The third-order valence-electron chi connectivity index (χ3n) is 2.56. The van der Waals surface area contributed by atoms with Gasteiger partial charge in [-0.05, 0) is 0 Å². The molecule has 8 N–H and O–H groups in total. The van der Waals surface area contributed by atoms with E-state index in [4.69, 9.17) is 19.6 Å². The zero-order valence-corrected chi connectivity index (χ0v) is 17.4. The van der Waals surface area contributed by atoms with E-state index in [0.29, 0.717) is 0 Å². The molecule has 0 aromatic heterocycles. The van der Waals surface area contributed by atoms with Crippen LogP contribution in [-0.4, -0.2) is 136 Å². The Labute approximate surface area is 168 Å². The zero-order valence-electron chi connectivity index (χ0n) is 11.6. The Hall–Kier alpha value is 2.06. The predicted molar refractivity (Wildman–Crippen MR) is 69.4 cm³/mol. The van der Waals surface area contributed by atoms with Crippen molar-refractivity contribution in [3.63, 3.8) is 0 Å². The average molecular weight is 386 g/mol. The number of hydrogen-bond donors (Lipinski definition) is 8. The smallest absolute Gasteiger partial charge is 0.387 e. The summed E-state index contributed by atoms with van der Waals surface area (Å²) in [7, 11) is -10.4. The maximum Gasteiger partial charge on any atom is 0.470 e. The summed E-state index contributed by atoms with van der Waals surface area (Å²) in [5.41, 5.74) is 0. The molecule has 0 aromatic carbocycles. The molecule has 1 saturated carbocycles. The molecule has 1 aliphatic carbocycles. The van der Waals surface area contributed by atoms with Crippen molar-refractivity contribution in [2.24, 2.45) is 0 Å². The van der Waals surface area contributed by atoms with E-state index < -0.39 is 52.3 Å². The second-order valence-corrected chi connectivity index (χ2v) is 6.47. The Kier molecular flexibility index (Phi) is 11.6. The van der Waals surface area contributed by atoms with Crippen LogP contribution in [0, 0.1) is 0 Å². The number of rotatable bonds is 4. The van der Waals surface area contributed by atoms with Crippen molar-refractivity contribution >= 4 is 74.8 Å². The maximum absolute atomic E-state index is 10.7. The van der Waals surface area contributed by atoms with Crippen LogP contribution >= 0.6 is 15.6 Å². The van der Waals surface area contributed by atoms with Gasteiger partial charge in [-0.1, -0.05) is 0 Å². The maximum atomic E-state index is 10.7. The molecule has 0 heterocycles. The van der Waals surface area contributed by atoms with Crippen molar-refractivity contribution in [2.75, 3.05) is 0 Å². The van der Waals surface area contributed by atoms with Crippen molar-refractivity contribution in [1.29, 1.82) is 0 Å². The largest absolute Gasteiger partial charge is 0.470 e. The third kappa shape index (κ3) is 7.52. The van der Waals surface area contributed by atoms with Crippen LogP contribution in [0.2, 0.25) is 0 Å². The molecule has 0 spiro atoms. The van der Waals surface area contributed by atoms with Gasteiger partial charge < -0.3 is 40.0 Å². The van der Waals surface area contributed by atoms with Gasteiger partial charge in [0.25, 0.3) is 0 Å². The van der Waals surface area contributed by atoms with Gasteiger partial charge in [0, 0.05) is 59.1 Å². The van der Waals surface area contributed by atoms with E-state index >= 15 is 0 Å². The summed E-state index contributed by atoms with van der Waals surface area (Å²) < 4.78 is 29.4. The summed E-state index contributed by atoms with van der Waals surface area (Å²) in [5, 5.41) is 38.0. The van der Waals surface area contributed by atoms with Gasteiger partial charge in [-0.25, -0.2) is 9.13 Å². The first-order chi connectivity index (χ1) is 8.83. The second kappa shape index (κ2) is 9.67. The Morgan fingerprint density at radius 2 is 0.864 bits per heavy atom. The molecule has 1 fully saturated rings. The molecule has 0 aromatic rings. The predicted octanol–water partition coefficient (Wildman–Crippen LogP) is -4.36. The summed E-state index contributed by atoms with van der Waals surface area (Å²) >= 11 is 0. The molecule has 12 nitrogen and oxygen atoms in total. The molecule has 2 radical (unpaired) electrons. The fourth-order valence-electron chi connectivity index (χ4n) is 1.75. The number of hydrogen-bond acceptors (Lipinski definition) is 8. The van der Waals surface area contributed by atoms with Crippen molar-refractivity contribution < 1.29 is 58.2 Å². The molecule has 6 atom stereocenters. The molecule has 1 rings (SSSR count). The van der Waals surface area contributed by atoms with Crippen molar-refractivity contribution in [3.8, 4) is 0 Å². The van der Waals surface area contributed by atoms with Gasteiger partial charge in [0.1, 0.15) is 36.6 Å². The van der Waals surface area contributed by atoms with Crippen LogP contribution in [0.25, 0.3) is 0 Å². The van der Waals surface area contributed by atoms with Crippen LogP contribution in [0.15, 0.2) is 0 Å². The van der Waals surface area contributed by atoms with Crippen LogP contribution in [-0.2, 0) is 18.2 Å². The van der Waals surface area contributed by atoms with Crippen LogP contribution in [0.3, 0.4) is 0 Å².